The molecule has 0 bridgehead atoms. The molecule has 0 atom stereocenters. The molecule has 122 valence electrons. The van der Waals surface area contributed by atoms with Crippen molar-refractivity contribution >= 4 is 12.9 Å². The molecular weight excluding hydrogens is 287 g/mol. The van der Waals surface area contributed by atoms with Crippen LogP contribution >= 0.6 is 7.26 Å². The summed E-state index contributed by atoms with van der Waals surface area (Å²) in [5.41, 5.74) is 5.46. The van der Waals surface area contributed by atoms with Gasteiger partial charge >= 0.3 is 0 Å². The van der Waals surface area contributed by atoms with E-state index in [4.69, 9.17) is 0 Å². The first-order valence-corrected chi connectivity index (χ1v) is 11.0. The van der Waals surface area contributed by atoms with Crippen LogP contribution in [0.2, 0.25) is 0 Å². The first kappa shape index (κ1) is 17.3. The fourth-order valence-electron chi connectivity index (χ4n) is 2.99. The quantitative estimate of drug-likeness (QED) is 0.707. The van der Waals surface area contributed by atoms with Crippen molar-refractivity contribution in [2.24, 2.45) is 0 Å². The third-order valence-corrected chi connectivity index (χ3v) is 9.77. The molecule has 2 rings (SSSR count). The van der Waals surface area contributed by atoms with Gasteiger partial charge in [-0.25, -0.2) is 0 Å². The minimum Gasteiger partial charge on any atom is -0.328 e. The molecule has 0 saturated carbocycles. The highest BCUT2D eigenvalue weighted by molar-refractivity contribution is 7.75. The van der Waals surface area contributed by atoms with E-state index in [1.54, 1.807) is 0 Å². The third-order valence-electron chi connectivity index (χ3n) is 5.07. The largest absolute Gasteiger partial charge is 0.328 e. The fraction of sp³-hybridized carbons (Fsp3) is 0.579. The van der Waals surface area contributed by atoms with Crippen molar-refractivity contribution in [2.75, 3.05) is 31.2 Å². The average Bonchev–Trinajstić information content (AvgIpc) is 2.73. The Hall–Kier alpha value is -1.01. The molecule has 0 aromatic heterocycles. The van der Waals surface area contributed by atoms with Gasteiger partial charge in [-0.3, -0.25) is 0 Å². The van der Waals surface area contributed by atoms with E-state index in [9.17, 15) is 0 Å². The van der Waals surface area contributed by atoms with Crippen LogP contribution in [0.5, 0.6) is 0 Å². The van der Waals surface area contributed by atoms with Crippen molar-refractivity contribution in [3.05, 3.63) is 41.2 Å². The molecular formula is C19H32N2P+. The minimum atomic E-state index is -0.977. The van der Waals surface area contributed by atoms with Gasteiger partial charge in [-0.15, -0.1) is 0 Å². The maximum absolute atomic E-state index is 2.48. The van der Waals surface area contributed by atoms with Gasteiger partial charge in [0, 0.05) is 25.3 Å². The molecule has 0 spiro atoms. The SMILES string of the molecule is Cc1cc(C)c(N2C=CN(C[P+](C)(C)C(C)(C)C)C2)c(C)c1. The molecule has 1 aromatic rings. The summed E-state index contributed by atoms with van der Waals surface area (Å²) < 4.78 is 0. The van der Waals surface area contributed by atoms with E-state index in [-0.39, 0.29) is 0 Å². The predicted octanol–water partition coefficient (Wildman–Crippen LogP) is 5.20. The molecule has 1 aromatic carbocycles. The number of hydrogen-bond donors (Lipinski definition) is 0. The second kappa shape index (κ2) is 5.89. The van der Waals surface area contributed by atoms with Crippen molar-refractivity contribution in [1.82, 2.24) is 4.90 Å². The Kier molecular flexibility index (Phi) is 4.64. The van der Waals surface area contributed by atoms with Crippen LogP contribution in [0.3, 0.4) is 0 Å². The monoisotopic (exact) mass is 319 g/mol. The molecule has 1 heterocycles. The van der Waals surface area contributed by atoms with Crippen molar-refractivity contribution in [1.29, 1.82) is 0 Å². The van der Waals surface area contributed by atoms with Crippen LogP contribution < -0.4 is 4.90 Å². The van der Waals surface area contributed by atoms with E-state index >= 15 is 0 Å². The lowest BCUT2D eigenvalue weighted by Gasteiger charge is -2.35. The lowest BCUT2D eigenvalue weighted by atomic mass is 10.0. The van der Waals surface area contributed by atoms with Crippen LogP contribution in [0.1, 0.15) is 37.5 Å². The Bertz CT molecular complexity index is 559. The summed E-state index contributed by atoms with van der Waals surface area (Å²) in [4.78, 5) is 4.88. The average molecular weight is 319 g/mol. The lowest BCUT2D eigenvalue weighted by Crippen LogP contribution is -2.32. The van der Waals surface area contributed by atoms with Gasteiger partial charge in [0.05, 0.1) is 25.2 Å². The van der Waals surface area contributed by atoms with Crippen LogP contribution in [0.25, 0.3) is 0 Å². The molecule has 1 aliphatic heterocycles. The van der Waals surface area contributed by atoms with Crippen molar-refractivity contribution in [2.45, 2.75) is 46.7 Å². The highest BCUT2D eigenvalue weighted by Crippen LogP contribution is 2.63. The third kappa shape index (κ3) is 3.49. The lowest BCUT2D eigenvalue weighted by molar-refractivity contribution is 0.467. The summed E-state index contributed by atoms with van der Waals surface area (Å²) in [6, 6.07) is 4.57. The molecule has 22 heavy (non-hydrogen) atoms. The number of rotatable bonds is 3. The summed E-state index contributed by atoms with van der Waals surface area (Å²) in [5.74, 6) is 0. The smallest absolute Gasteiger partial charge is 0.131 e. The van der Waals surface area contributed by atoms with Crippen LogP contribution in [-0.2, 0) is 0 Å². The standard InChI is InChI=1S/C19H32N2P/c1-15-11-16(2)18(17(3)12-15)21-10-9-20(13-21)14-22(7,8)19(4,5)6/h9-12H,13-14H2,1-8H3/q+1. The van der Waals surface area contributed by atoms with Gasteiger partial charge in [0.1, 0.15) is 6.29 Å². The zero-order valence-corrected chi connectivity index (χ0v) is 16.5. The number of nitrogens with zero attached hydrogens (tertiary/aromatic N) is 2. The van der Waals surface area contributed by atoms with E-state index in [1.807, 2.05) is 0 Å². The summed E-state index contributed by atoms with van der Waals surface area (Å²) in [6.45, 7) is 19.7. The minimum absolute atomic E-state index is 0.407. The molecule has 0 unspecified atom stereocenters. The second-order valence-corrected chi connectivity index (χ2v) is 13.2. The normalized spacial score (nSPS) is 15.8. The molecule has 0 fully saturated rings. The van der Waals surface area contributed by atoms with Gasteiger partial charge in [0.15, 0.2) is 0 Å². The van der Waals surface area contributed by atoms with E-state index in [2.05, 4.69) is 89.2 Å². The Morgan fingerprint density at radius 1 is 1.00 bits per heavy atom. The van der Waals surface area contributed by atoms with Gasteiger partial charge in [-0.05, 0) is 52.7 Å². The van der Waals surface area contributed by atoms with E-state index in [0.717, 1.165) is 6.67 Å². The molecule has 1 aliphatic rings. The van der Waals surface area contributed by atoms with Crippen molar-refractivity contribution < 1.29 is 0 Å². The fourth-order valence-corrected chi connectivity index (χ4v) is 4.51. The molecule has 0 saturated heterocycles. The Balaban J connectivity index is 2.14. The van der Waals surface area contributed by atoms with E-state index in [0.29, 0.717) is 5.16 Å². The van der Waals surface area contributed by atoms with Gasteiger partial charge < -0.3 is 9.80 Å². The number of aryl methyl sites for hydroxylation is 3. The van der Waals surface area contributed by atoms with Crippen molar-refractivity contribution in [3.63, 3.8) is 0 Å². The van der Waals surface area contributed by atoms with E-state index < -0.39 is 7.26 Å². The summed E-state index contributed by atoms with van der Waals surface area (Å²) in [7, 11) is -0.977. The first-order chi connectivity index (χ1) is 10.0. The summed E-state index contributed by atoms with van der Waals surface area (Å²) in [6.07, 6.45) is 5.70. The summed E-state index contributed by atoms with van der Waals surface area (Å²) >= 11 is 0. The predicted molar refractivity (Wildman–Crippen MR) is 102 cm³/mol. The second-order valence-electron chi connectivity index (χ2n) is 8.24. The van der Waals surface area contributed by atoms with Gasteiger partial charge in [0.2, 0.25) is 0 Å². The Morgan fingerprint density at radius 2 is 1.55 bits per heavy atom. The maximum Gasteiger partial charge on any atom is 0.131 e. The molecule has 2 nitrogen and oxygen atoms in total. The van der Waals surface area contributed by atoms with Gasteiger partial charge in [0.25, 0.3) is 0 Å². The molecule has 0 amide bonds. The highest BCUT2D eigenvalue weighted by Gasteiger charge is 2.41. The Labute approximate surface area is 137 Å². The van der Waals surface area contributed by atoms with Gasteiger partial charge in [-0.1, -0.05) is 17.7 Å². The molecule has 0 N–H and O–H groups in total. The zero-order valence-electron chi connectivity index (χ0n) is 15.6. The zero-order chi connectivity index (χ0) is 16.7. The highest BCUT2D eigenvalue weighted by atomic mass is 31.2. The molecule has 3 heteroatoms. The van der Waals surface area contributed by atoms with Crippen LogP contribution in [0.15, 0.2) is 24.5 Å². The topological polar surface area (TPSA) is 6.48 Å². The van der Waals surface area contributed by atoms with E-state index in [1.165, 1.54) is 28.7 Å². The number of benzene rings is 1. The summed E-state index contributed by atoms with van der Waals surface area (Å²) in [5, 5.41) is 0.407. The van der Waals surface area contributed by atoms with Crippen molar-refractivity contribution in [3.8, 4) is 0 Å². The Morgan fingerprint density at radius 3 is 2.05 bits per heavy atom. The van der Waals surface area contributed by atoms with Crippen LogP contribution in [-0.4, -0.2) is 36.3 Å². The molecule has 0 aliphatic carbocycles. The molecule has 0 radical (unpaired) electrons. The number of hydrogen-bond acceptors (Lipinski definition) is 2. The number of anilines is 1. The maximum atomic E-state index is 2.48. The first-order valence-electron chi connectivity index (χ1n) is 8.11. The van der Waals surface area contributed by atoms with Crippen LogP contribution in [0.4, 0.5) is 5.69 Å². The van der Waals surface area contributed by atoms with Gasteiger partial charge in [-0.2, -0.15) is 0 Å². The van der Waals surface area contributed by atoms with Crippen LogP contribution in [0, 0.1) is 20.8 Å².